The van der Waals surface area contributed by atoms with Crippen LogP contribution < -0.4 is 4.74 Å². The van der Waals surface area contributed by atoms with Crippen LogP contribution in [0.2, 0.25) is 0 Å². The van der Waals surface area contributed by atoms with Crippen LogP contribution in [0.25, 0.3) is 0 Å². The zero-order valence-corrected chi connectivity index (χ0v) is 17.6. The molecule has 0 bridgehead atoms. The Kier molecular flexibility index (Phi) is 5.73. The molecule has 6 heteroatoms. The highest BCUT2D eigenvalue weighted by atomic mass is 16.5. The number of piperidine rings is 1. The average Bonchev–Trinajstić information content (AvgIpc) is 3.33. The van der Waals surface area contributed by atoms with E-state index >= 15 is 0 Å². The maximum atomic E-state index is 13.2. The number of carbonyl (C=O) groups is 1. The van der Waals surface area contributed by atoms with Gasteiger partial charge in [-0.3, -0.25) is 4.79 Å². The predicted octanol–water partition coefficient (Wildman–Crippen LogP) is 4.46. The van der Waals surface area contributed by atoms with Crippen molar-refractivity contribution in [1.82, 2.24) is 15.0 Å². The molecule has 2 fully saturated rings. The lowest BCUT2D eigenvalue weighted by atomic mass is 9.92. The molecule has 0 radical (unpaired) electrons. The van der Waals surface area contributed by atoms with Crippen molar-refractivity contribution in [3.8, 4) is 5.75 Å². The van der Waals surface area contributed by atoms with E-state index in [0.717, 1.165) is 55.4 Å². The molecule has 3 aliphatic rings. The van der Waals surface area contributed by atoms with Gasteiger partial charge in [-0.2, -0.15) is 4.98 Å². The van der Waals surface area contributed by atoms with E-state index in [-0.39, 0.29) is 11.8 Å². The van der Waals surface area contributed by atoms with Gasteiger partial charge in [-0.1, -0.05) is 49.0 Å². The summed E-state index contributed by atoms with van der Waals surface area (Å²) in [6.45, 7) is 2.04. The lowest BCUT2D eigenvalue weighted by Gasteiger charge is -2.33. The second-order valence-electron chi connectivity index (χ2n) is 9.13. The molecular weight excluding hydrogens is 378 g/mol. The molecule has 1 aliphatic carbocycles. The van der Waals surface area contributed by atoms with Gasteiger partial charge < -0.3 is 14.2 Å². The molecule has 6 nitrogen and oxygen atoms in total. The molecule has 1 saturated heterocycles. The number of likely N-dealkylation sites (tertiary alicyclic amines) is 1. The Morgan fingerprint density at radius 1 is 1.07 bits per heavy atom. The highest BCUT2D eigenvalue weighted by Crippen LogP contribution is 2.36. The number of aromatic nitrogens is 2. The molecular formula is C24H31N3O3. The second kappa shape index (κ2) is 8.78. The van der Waals surface area contributed by atoms with Gasteiger partial charge in [-0.05, 0) is 37.7 Å². The largest absolute Gasteiger partial charge is 0.492 e. The van der Waals surface area contributed by atoms with Crippen LogP contribution in [0.15, 0.2) is 28.8 Å². The van der Waals surface area contributed by atoms with E-state index in [1.54, 1.807) is 0 Å². The Morgan fingerprint density at radius 3 is 2.77 bits per heavy atom. The topological polar surface area (TPSA) is 68.5 Å². The summed E-state index contributed by atoms with van der Waals surface area (Å²) in [4.78, 5) is 20.0. The van der Waals surface area contributed by atoms with Crippen LogP contribution in [0.5, 0.6) is 5.75 Å². The lowest BCUT2D eigenvalue weighted by Crippen LogP contribution is -2.43. The Balaban J connectivity index is 1.21. The standard InChI is InChI=1S/C24H31N3O3/c28-24(20-16-29-21-12-6-5-11-19(20)21)27-13-7-8-17(15-27)14-22-25-23(26-30-22)18-9-3-1-2-4-10-18/h5-6,11-12,17-18,20H,1-4,7-10,13-16H2/t17-,20-/m1/s1. The summed E-state index contributed by atoms with van der Waals surface area (Å²) in [5, 5.41) is 4.31. The first-order valence-corrected chi connectivity index (χ1v) is 11.6. The normalized spacial score (nSPS) is 24.9. The fourth-order valence-electron chi connectivity index (χ4n) is 5.32. The first-order valence-electron chi connectivity index (χ1n) is 11.6. The maximum Gasteiger partial charge on any atom is 0.233 e. The molecule has 2 atom stereocenters. The third kappa shape index (κ3) is 4.09. The summed E-state index contributed by atoms with van der Waals surface area (Å²) >= 11 is 0. The van der Waals surface area contributed by atoms with Crippen LogP contribution in [0.3, 0.4) is 0 Å². The van der Waals surface area contributed by atoms with Gasteiger partial charge in [0.05, 0.1) is 0 Å². The molecule has 1 saturated carbocycles. The number of rotatable bonds is 4. The van der Waals surface area contributed by atoms with Crippen molar-refractivity contribution in [2.45, 2.75) is 69.6 Å². The monoisotopic (exact) mass is 409 g/mol. The Morgan fingerprint density at radius 2 is 1.90 bits per heavy atom. The lowest BCUT2D eigenvalue weighted by molar-refractivity contribution is -0.134. The van der Waals surface area contributed by atoms with E-state index < -0.39 is 0 Å². The zero-order valence-electron chi connectivity index (χ0n) is 17.6. The van der Waals surface area contributed by atoms with Crippen LogP contribution in [-0.2, 0) is 11.2 Å². The molecule has 0 N–H and O–H groups in total. The minimum absolute atomic E-state index is 0.176. The fourth-order valence-corrected chi connectivity index (χ4v) is 5.32. The summed E-state index contributed by atoms with van der Waals surface area (Å²) < 4.78 is 11.4. The van der Waals surface area contributed by atoms with Crippen molar-refractivity contribution in [3.05, 3.63) is 41.5 Å². The molecule has 2 aliphatic heterocycles. The quantitative estimate of drug-likeness (QED) is 0.697. The minimum Gasteiger partial charge on any atom is -0.492 e. The highest BCUT2D eigenvalue weighted by Gasteiger charge is 2.35. The number of hydrogen-bond acceptors (Lipinski definition) is 5. The van der Waals surface area contributed by atoms with E-state index in [4.69, 9.17) is 14.2 Å². The van der Waals surface area contributed by atoms with Gasteiger partial charge in [-0.15, -0.1) is 0 Å². The smallest absolute Gasteiger partial charge is 0.233 e. The van der Waals surface area contributed by atoms with Crippen LogP contribution in [0, 0.1) is 5.92 Å². The number of carbonyl (C=O) groups excluding carboxylic acids is 1. The third-order valence-corrected chi connectivity index (χ3v) is 7.00. The van der Waals surface area contributed by atoms with Crippen molar-refractivity contribution in [3.63, 3.8) is 0 Å². The summed E-state index contributed by atoms with van der Waals surface area (Å²) in [6, 6.07) is 7.90. The van der Waals surface area contributed by atoms with Gasteiger partial charge in [0, 0.05) is 31.0 Å². The minimum atomic E-state index is -0.176. The maximum absolute atomic E-state index is 13.2. The first kappa shape index (κ1) is 19.6. The first-order chi connectivity index (χ1) is 14.8. The number of nitrogens with zero attached hydrogens (tertiary/aromatic N) is 3. The fraction of sp³-hybridized carbons (Fsp3) is 0.625. The van der Waals surface area contributed by atoms with Gasteiger partial charge >= 0.3 is 0 Å². The van der Waals surface area contributed by atoms with E-state index in [1.165, 1.54) is 38.5 Å². The van der Waals surface area contributed by atoms with Gasteiger partial charge in [0.2, 0.25) is 11.8 Å². The van der Waals surface area contributed by atoms with Crippen LogP contribution in [0.4, 0.5) is 0 Å². The third-order valence-electron chi connectivity index (χ3n) is 7.00. The number of benzene rings is 1. The average molecular weight is 410 g/mol. The van der Waals surface area contributed by atoms with E-state index in [1.807, 2.05) is 29.2 Å². The van der Waals surface area contributed by atoms with Gasteiger partial charge in [0.15, 0.2) is 5.82 Å². The summed E-state index contributed by atoms with van der Waals surface area (Å²) in [7, 11) is 0. The highest BCUT2D eigenvalue weighted by molar-refractivity contribution is 5.85. The molecule has 0 unspecified atom stereocenters. The number of para-hydroxylation sites is 1. The van der Waals surface area contributed by atoms with Crippen molar-refractivity contribution in [1.29, 1.82) is 0 Å². The van der Waals surface area contributed by atoms with Crippen molar-refractivity contribution in [2.24, 2.45) is 5.92 Å². The molecule has 0 spiro atoms. The number of fused-ring (bicyclic) bond motifs is 1. The van der Waals surface area contributed by atoms with Crippen molar-refractivity contribution < 1.29 is 14.1 Å². The molecule has 1 aromatic heterocycles. The molecule has 3 heterocycles. The molecule has 1 amide bonds. The van der Waals surface area contributed by atoms with Crippen molar-refractivity contribution >= 4 is 5.91 Å². The zero-order chi connectivity index (χ0) is 20.3. The van der Waals surface area contributed by atoms with Gasteiger partial charge in [0.1, 0.15) is 18.3 Å². The van der Waals surface area contributed by atoms with E-state index in [9.17, 15) is 4.79 Å². The van der Waals surface area contributed by atoms with Crippen LogP contribution in [-0.4, -0.2) is 40.6 Å². The predicted molar refractivity (Wildman–Crippen MR) is 112 cm³/mol. The van der Waals surface area contributed by atoms with E-state index in [2.05, 4.69) is 5.16 Å². The summed E-state index contributed by atoms with van der Waals surface area (Å²) in [6.07, 6.45) is 10.4. The SMILES string of the molecule is O=C([C@@H]1COc2ccccc21)N1CCC[C@H](Cc2nc(C3CCCCCC3)no2)C1. The number of amides is 1. The number of ether oxygens (including phenoxy) is 1. The second-order valence-corrected chi connectivity index (χ2v) is 9.13. The summed E-state index contributed by atoms with van der Waals surface area (Å²) in [5.74, 6) is 3.33. The molecule has 5 rings (SSSR count). The molecule has 2 aromatic rings. The number of hydrogen-bond donors (Lipinski definition) is 0. The van der Waals surface area contributed by atoms with E-state index in [0.29, 0.717) is 18.4 Å². The van der Waals surface area contributed by atoms with Crippen LogP contribution in [0.1, 0.15) is 80.5 Å². The van der Waals surface area contributed by atoms with Gasteiger partial charge in [-0.25, -0.2) is 0 Å². The molecule has 1 aromatic carbocycles. The van der Waals surface area contributed by atoms with Gasteiger partial charge in [0.25, 0.3) is 0 Å². The molecule has 30 heavy (non-hydrogen) atoms. The Bertz CT molecular complexity index is 872. The van der Waals surface area contributed by atoms with Crippen molar-refractivity contribution in [2.75, 3.05) is 19.7 Å². The van der Waals surface area contributed by atoms with Crippen LogP contribution >= 0.6 is 0 Å². The molecule has 160 valence electrons. The Hall–Kier alpha value is -2.37. The summed E-state index contributed by atoms with van der Waals surface area (Å²) in [5.41, 5.74) is 1.02. The Labute approximate surface area is 178 Å².